The van der Waals surface area contributed by atoms with E-state index in [4.69, 9.17) is 5.73 Å². The zero-order valence-electron chi connectivity index (χ0n) is 14.2. The molecule has 0 saturated carbocycles. The van der Waals surface area contributed by atoms with Crippen LogP contribution in [0.15, 0.2) is 24.3 Å². The summed E-state index contributed by atoms with van der Waals surface area (Å²) in [7, 11) is 0. The Balaban J connectivity index is 1.84. The molecule has 4 N–H and O–H groups in total. The highest BCUT2D eigenvalue weighted by molar-refractivity contribution is 6.06. The van der Waals surface area contributed by atoms with Crippen molar-refractivity contribution in [2.75, 3.05) is 11.1 Å². The maximum Gasteiger partial charge on any atom is 0.325 e. The van der Waals surface area contributed by atoms with Crippen molar-refractivity contribution in [3.05, 3.63) is 35.7 Å². The molecule has 0 bridgehead atoms. The molecule has 25 heavy (non-hydrogen) atoms. The van der Waals surface area contributed by atoms with E-state index in [0.29, 0.717) is 0 Å². The van der Waals surface area contributed by atoms with E-state index in [9.17, 15) is 9.59 Å². The van der Waals surface area contributed by atoms with E-state index in [-0.39, 0.29) is 30.2 Å². The third-order valence-corrected chi connectivity index (χ3v) is 3.83. The highest BCUT2D eigenvalue weighted by Gasteiger charge is 2.44. The average molecular weight is 341 g/mol. The van der Waals surface area contributed by atoms with Crippen LogP contribution in [0.25, 0.3) is 0 Å². The van der Waals surface area contributed by atoms with Gasteiger partial charge in [0.2, 0.25) is 11.9 Å². The third kappa shape index (κ3) is 3.35. The van der Waals surface area contributed by atoms with Crippen LogP contribution in [0.5, 0.6) is 0 Å². The van der Waals surface area contributed by atoms with Crippen molar-refractivity contribution in [1.29, 1.82) is 0 Å². The number of hydrogen-bond donors (Lipinski definition) is 3. The van der Waals surface area contributed by atoms with Gasteiger partial charge < -0.3 is 16.4 Å². The van der Waals surface area contributed by atoms with Crippen LogP contribution >= 0.6 is 0 Å². The van der Waals surface area contributed by atoms with E-state index in [1.54, 1.807) is 13.8 Å². The molecule has 0 aliphatic carbocycles. The number of aryl methyl sites for hydroxylation is 1. The maximum absolute atomic E-state index is 12.3. The molecule has 1 saturated heterocycles. The Morgan fingerprint density at radius 1 is 1.20 bits per heavy atom. The van der Waals surface area contributed by atoms with Crippen LogP contribution in [0.2, 0.25) is 0 Å². The second kappa shape index (κ2) is 6.00. The van der Waals surface area contributed by atoms with Gasteiger partial charge >= 0.3 is 6.03 Å². The van der Waals surface area contributed by atoms with Gasteiger partial charge in [0, 0.05) is 5.69 Å². The van der Waals surface area contributed by atoms with Gasteiger partial charge in [0.05, 0.1) is 6.54 Å². The molecule has 2 aromatic rings. The van der Waals surface area contributed by atoms with E-state index in [1.165, 1.54) is 0 Å². The van der Waals surface area contributed by atoms with Gasteiger partial charge in [0.1, 0.15) is 5.54 Å². The van der Waals surface area contributed by atoms with Crippen molar-refractivity contribution in [3.8, 4) is 0 Å². The minimum absolute atomic E-state index is 0.00685. The Hall–Kier alpha value is -3.23. The first-order valence-electron chi connectivity index (χ1n) is 7.73. The molecule has 9 nitrogen and oxygen atoms in total. The molecular weight excluding hydrogens is 322 g/mol. The molecule has 1 aromatic carbocycles. The standard InChI is InChI=1S/C16H19N7O2/c1-9-6-4-5-7-10(9)18-14-20-11(19-13(17)21-14)8-23-12(24)16(2,3)22-15(23)25/h4-7H,8H2,1-3H3,(H,22,25)(H3,17,18,19,20,21). The summed E-state index contributed by atoms with van der Waals surface area (Å²) in [6.07, 6.45) is 0. The number of para-hydroxylation sites is 1. The number of aromatic nitrogens is 3. The number of hydrogen-bond acceptors (Lipinski definition) is 7. The Morgan fingerprint density at radius 3 is 2.56 bits per heavy atom. The normalized spacial score (nSPS) is 16.0. The molecule has 1 aromatic heterocycles. The topological polar surface area (TPSA) is 126 Å². The molecular formula is C16H19N7O2. The lowest BCUT2D eigenvalue weighted by atomic mass is 10.1. The van der Waals surface area contributed by atoms with Gasteiger partial charge in [0.25, 0.3) is 5.91 Å². The number of nitrogen functional groups attached to an aromatic ring is 1. The number of urea groups is 1. The predicted molar refractivity (Wildman–Crippen MR) is 91.9 cm³/mol. The van der Waals surface area contributed by atoms with Gasteiger partial charge in [-0.2, -0.15) is 15.0 Å². The van der Waals surface area contributed by atoms with Gasteiger partial charge in [-0.25, -0.2) is 4.79 Å². The van der Waals surface area contributed by atoms with Gasteiger partial charge in [0.15, 0.2) is 5.82 Å². The van der Waals surface area contributed by atoms with Crippen molar-refractivity contribution in [1.82, 2.24) is 25.2 Å². The Labute approximate surface area is 144 Å². The lowest BCUT2D eigenvalue weighted by molar-refractivity contribution is -0.130. The van der Waals surface area contributed by atoms with Gasteiger partial charge in [-0.05, 0) is 32.4 Å². The van der Waals surface area contributed by atoms with Gasteiger partial charge in [-0.15, -0.1) is 0 Å². The summed E-state index contributed by atoms with van der Waals surface area (Å²) < 4.78 is 0. The molecule has 130 valence electrons. The van der Waals surface area contributed by atoms with Crippen LogP contribution in [0.3, 0.4) is 0 Å². The number of carbonyl (C=O) groups excluding carboxylic acids is 2. The van der Waals surface area contributed by atoms with Crippen molar-refractivity contribution < 1.29 is 9.59 Å². The largest absolute Gasteiger partial charge is 0.368 e. The number of amides is 3. The molecule has 0 atom stereocenters. The van der Waals surface area contributed by atoms with E-state index >= 15 is 0 Å². The Kier molecular flexibility index (Phi) is 3.99. The molecule has 0 radical (unpaired) electrons. The number of benzene rings is 1. The van der Waals surface area contributed by atoms with Crippen LogP contribution in [0.4, 0.5) is 22.4 Å². The van der Waals surface area contributed by atoms with Crippen LogP contribution in [0, 0.1) is 6.92 Å². The molecule has 0 spiro atoms. The van der Waals surface area contributed by atoms with Crippen molar-refractivity contribution in [2.24, 2.45) is 0 Å². The SMILES string of the molecule is Cc1ccccc1Nc1nc(N)nc(CN2C(=O)NC(C)(C)C2=O)n1. The number of nitrogens with zero attached hydrogens (tertiary/aromatic N) is 4. The van der Waals surface area contributed by atoms with Gasteiger partial charge in [-0.3, -0.25) is 9.69 Å². The molecule has 1 aliphatic heterocycles. The molecule has 3 rings (SSSR count). The number of nitrogens with one attached hydrogen (secondary N) is 2. The molecule has 3 amide bonds. The number of carbonyl (C=O) groups is 2. The molecule has 1 aliphatic rings. The highest BCUT2D eigenvalue weighted by Crippen LogP contribution is 2.20. The van der Waals surface area contributed by atoms with Crippen LogP contribution in [-0.2, 0) is 11.3 Å². The maximum atomic E-state index is 12.3. The van der Waals surface area contributed by atoms with Crippen LogP contribution < -0.4 is 16.4 Å². The number of nitrogens with two attached hydrogens (primary N) is 1. The summed E-state index contributed by atoms with van der Waals surface area (Å²) in [6.45, 7) is 5.15. The highest BCUT2D eigenvalue weighted by atomic mass is 16.2. The van der Waals surface area contributed by atoms with Crippen molar-refractivity contribution in [3.63, 3.8) is 0 Å². The van der Waals surface area contributed by atoms with Crippen molar-refractivity contribution in [2.45, 2.75) is 32.9 Å². The van der Waals surface area contributed by atoms with Crippen LogP contribution in [-0.4, -0.2) is 37.3 Å². The van der Waals surface area contributed by atoms with E-state index in [0.717, 1.165) is 16.2 Å². The predicted octanol–water partition coefficient (Wildman–Crippen LogP) is 1.34. The summed E-state index contributed by atoms with van der Waals surface area (Å²) in [5.74, 6) is 0.144. The van der Waals surface area contributed by atoms with Crippen molar-refractivity contribution >= 4 is 29.5 Å². The quantitative estimate of drug-likeness (QED) is 0.716. The second-order valence-corrected chi connectivity index (χ2v) is 6.32. The fraction of sp³-hybridized carbons (Fsp3) is 0.312. The summed E-state index contributed by atoms with van der Waals surface area (Å²) in [5.41, 5.74) is 6.64. The van der Waals surface area contributed by atoms with E-state index < -0.39 is 11.6 Å². The lowest BCUT2D eigenvalue weighted by Gasteiger charge is -2.15. The summed E-state index contributed by atoms with van der Waals surface area (Å²) in [4.78, 5) is 37.7. The van der Waals surface area contributed by atoms with Gasteiger partial charge in [-0.1, -0.05) is 18.2 Å². The minimum Gasteiger partial charge on any atom is -0.368 e. The summed E-state index contributed by atoms with van der Waals surface area (Å²) in [6, 6.07) is 7.16. The third-order valence-electron chi connectivity index (χ3n) is 3.83. The first-order valence-corrected chi connectivity index (χ1v) is 7.73. The zero-order chi connectivity index (χ0) is 18.2. The summed E-state index contributed by atoms with van der Waals surface area (Å²) in [5, 5.41) is 5.68. The number of anilines is 3. The second-order valence-electron chi connectivity index (χ2n) is 6.32. The molecule has 1 fully saturated rings. The summed E-state index contributed by atoms with van der Waals surface area (Å²) >= 11 is 0. The molecule has 0 unspecified atom stereocenters. The monoisotopic (exact) mass is 341 g/mol. The lowest BCUT2D eigenvalue weighted by Crippen LogP contribution is -2.40. The Bertz CT molecular complexity index is 850. The fourth-order valence-corrected chi connectivity index (χ4v) is 2.50. The average Bonchev–Trinajstić information content (AvgIpc) is 2.71. The first kappa shape index (κ1) is 16.6. The smallest absolute Gasteiger partial charge is 0.325 e. The minimum atomic E-state index is -0.947. The first-order chi connectivity index (χ1) is 11.8. The zero-order valence-corrected chi connectivity index (χ0v) is 14.2. The Morgan fingerprint density at radius 2 is 1.92 bits per heavy atom. The van der Waals surface area contributed by atoms with Crippen LogP contribution in [0.1, 0.15) is 25.2 Å². The molecule has 2 heterocycles. The van der Waals surface area contributed by atoms with E-state index in [2.05, 4.69) is 25.6 Å². The number of rotatable bonds is 4. The van der Waals surface area contributed by atoms with E-state index in [1.807, 2.05) is 31.2 Å². The fourth-order valence-electron chi connectivity index (χ4n) is 2.50. The molecule has 9 heteroatoms. The number of imide groups is 1.